The Balaban J connectivity index is 2.10. The summed E-state index contributed by atoms with van der Waals surface area (Å²) in [5.74, 6) is -0.516. The highest BCUT2D eigenvalue weighted by atomic mass is 16.5. The van der Waals surface area contributed by atoms with Gasteiger partial charge in [-0.25, -0.2) is 4.79 Å². The maximum Gasteiger partial charge on any atom is 0.337 e. The van der Waals surface area contributed by atoms with Gasteiger partial charge in [0, 0.05) is 19.1 Å². The minimum Gasteiger partial charge on any atom is -0.478 e. The SMILES string of the molecule is O=C(O)c1cccc2c1NCC1OCCC21. The lowest BCUT2D eigenvalue weighted by molar-refractivity contribution is 0.0696. The Labute approximate surface area is 93.2 Å². The molecule has 1 fully saturated rings. The number of para-hydroxylation sites is 1. The molecular weight excluding hydrogens is 206 g/mol. The molecule has 1 saturated heterocycles. The number of benzene rings is 1. The lowest BCUT2D eigenvalue weighted by Crippen LogP contribution is -2.31. The van der Waals surface area contributed by atoms with Crippen LogP contribution in [0.15, 0.2) is 18.2 Å². The second-order valence-corrected chi connectivity index (χ2v) is 4.26. The molecule has 4 nitrogen and oxygen atoms in total. The van der Waals surface area contributed by atoms with Gasteiger partial charge in [0.15, 0.2) is 0 Å². The first-order valence-electron chi connectivity index (χ1n) is 5.49. The molecule has 1 aromatic rings. The van der Waals surface area contributed by atoms with Crippen LogP contribution in [0, 0.1) is 0 Å². The van der Waals surface area contributed by atoms with Crippen LogP contribution in [0.5, 0.6) is 0 Å². The highest BCUT2D eigenvalue weighted by Gasteiger charge is 2.35. The van der Waals surface area contributed by atoms with E-state index >= 15 is 0 Å². The predicted molar refractivity (Wildman–Crippen MR) is 59.0 cm³/mol. The van der Waals surface area contributed by atoms with Crippen LogP contribution >= 0.6 is 0 Å². The average Bonchev–Trinajstić information content (AvgIpc) is 2.76. The van der Waals surface area contributed by atoms with Gasteiger partial charge >= 0.3 is 5.97 Å². The minimum atomic E-state index is -0.873. The summed E-state index contributed by atoms with van der Waals surface area (Å²) >= 11 is 0. The Hall–Kier alpha value is -1.55. The second-order valence-electron chi connectivity index (χ2n) is 4.26. The maximum atomic E-state index is 11.1. The normalized spacial score (nSPS) is 26.8. The van der Waals surface area contributed by atoms with E-state index < -0.39 is 5.97 Å². The standard InChI is InChI=1S/C12H13NO3/c14-12(15)9-3-1-2-8-7-4-5-16-10(7)6-13-11(8)9/h1-3,7,10,13H,4-6H2,(H,14,15). The van der Waals surface area contributed by atoms with Gasteiger partial charge in [0.2, 0.25) is 0 Å². The third-order valence-corrected chi connectivity index (χ3v) is 3.42. The quantitative estimate of drug-likeness (QED) is 0.754. The van der Waals surface area contributed by atoms with Crippen LogP contribution in [0.25, 0.3) is 0 Å². The molecule has 2 aliphatic heterocycles. The first-order valence-corrected chi connectivity index (χ1v) is 5.49. The molecule has 2 atom stereocenters. The Bertz CT molecular complexity index is 444. The van der Waals surface area contributed by atoms with E-state index in [1.807, 2.05) is 12.1 Å². The van der Waals surface area contributed by atoms with Crippen LogP contribution in [0.3, 0.4) is 0 Å². The van der Waals surface area contributed by atoms with Crippen molar-refractivity contribution in [2.24, 2.45) is 0 Å². The summed E-state index contributed by atoms with van der Waals surface area (Å²) < 4.78 is 5.60. The smallest absolute Gasteiger partial charge is 0.337 e. The molecule has 0 amide bonds. The van der Waals surface area contributed by atoms with Crippen molar-refractivity contribution in [2.45, 2.75) is 18.4 Å². The Morgan fingerprint density at radius 1 is 1.50 bits per heavy atom. The molecule has 1 aromatic carbocycles. The zero-order valence-corrected chi connectivity index (χ0v) is 8.77. The number of anilines is 1. The second kappa shape index (κ2) is 3.49. The molecular formula is C12H13NO3. The molecule has 2 unspecified atom stereocenters. The molecule has 2 N–H and O–H groups in total. The van der Waals surface area contributed by atoms with Crippen LogP contribution in [-0.4, -0.2) is 30.3 Å². The van der Waals surface area contributed by atoms with Crippen molar-refractivity contribution in [1.82, 2.24) is 0 Å². The van der Waals surface area contributed by atoms with Gasteiger partial charge in [0.05, 0.1) is 17.4 Å². The van der Waals surface area contributed by atoms with E-state index in [4.69, 9.17) is 9.84 Å². The summed E-state index contributed by atoms with van der Waals surface area (Å²) in [7, 11) is 0. The van der Waals surface area contributed by atoms with Gasteiger partial charge in [-0.2, -0.15) is 0 Å². The number of ether oxygens (including phenoxy) is 1. The number of aromatic carboxylic acids is 1. The monoisotopic (exact) mass is 219 g/mol. The van der Waals surface area contributed by atoms with E-state index in [-0.39, 0.29) is 6.10 Å². The number of rotatable bonds is 1. The summed E-state index contributed by atoms with van der Waals surface area (Å²) in [6.45, 7) is 1.48. The van der Waals surface area contributed by atoms with Crippen LogP contribution in [0.2, 0.25) is 0 Å². The molecule has 2 aliphatic rings. The van der Waals surface area contributed by atoms with Gasteiger partial charge in [-0.15, -0.1) is 0 Å². The highest BCUT2D eigenvalue weighted by Crippen LogP contribution is 2.40. The van der Waals surface area contributed by atoms with E-state index in [0.29, 0.717) is 18.0 Å². The largest absolute Gasteiger partial charge is 0.478 e. The molecule has 3 rings (SSSR count). The number of carboxylic acids is 1. The fourth-order valence-electron chi connectivity index (χ4n) is 2.66. The molecule has 0 radical (unpaired) electrons. The summed E-state index contributed by atoms with van der Waals surface area (Å²) in [5.41, 5.74) is 2.23. The van der Waals surface area contributed by atoms with E-state index in [0.717, 1.165) is 24.3 Å². The first kappa shape index (κ1) is 9.66. The van der Waals surface area contributed by atoms with Crippen LogP contribution in [-0.2, 0) is 4.74 Å². The number of hydrogen-bond donors (Lipinski definition) is 2. The third-order valence-electron chi connectivity index (χ3n) is 3.42. The van der Waals surface area contributed by atoms with Crippen molar-refractivity contribution in [3.63, 3.8) is 0 Å². The fourth-order valence-corrected chi connectivity index (χ4v) is 2.66. The minimum absolute atomic E-state index is 0.205. The van der Waals surface area contributed by atoms with Gasteiger partial charge < -0.3 is 15.2 Å². The average molecular weight is 219 g/mol. The summed E-state index contributed by atoms with van der Waals surface area (Å²) in [5, 5.41) is 12.3. The lowest BCUT2D eigenvalue weighted by Gasteiger charge is -2.29. The topological polar surface area (TPSA) is 58.6 Å². The number of carbonyl (C=O) groups is 1. The van der Waals surface area contributed by atoms with Crippen molar-refractivity contribution in [3.05, 3.63) is 29.3 Å². The molecule has 0 bridgehead atoms. The van der Waals surface area contributed by atoms with E-state index in [1.54, 1.807) is 6.07 Å². The summed E-state index contributed by atoms with van der Waals surface area (Å²) in [6.07, 6.45) is 1.19. The molecule has 0 aliphatic carbocycles. The lowest BCUT2D eigenvalue weighted by atomic mass is 9.86. The number of nitrogens with one attached hydrogen (secondary N) is 1. The Morgan fingerprint density at radius 2 is 2.38 bits per heavy atom. The number of fused-ring (bicyclic) bond motifs is 3. The molecule has 0 aromatic heterocycles. The third kappa shape index (κ3) is 1.30. The van der Waals surface area contributed by atoms with Gasteiger partial charge in [0.25, 0.3) is 0 Å². The van der Waals surface area contributed by atoms with Gasteiger partial charge in [-0.05, 0) is 18.1 Å². The van der Waals surface area contributed by atoms with Crippen molar-refractivity contribution < 1.29 is 14.6 Å². The van der Waals surface area contributed by atoms with Crippen LogP contribution in [0.1, 0.15) is 28.3 Å². The Kier molecular flexibility index (Phi) is 2.11. The molecule has 4 heteroatoms. The van der Waals surface area contributed by atoms with Crippen molar-refractivity contribution >= 4 is 11.7 Å². The van der Waals surface area contributed by atoms with Gasteiger partial charge in [-0.1, -0.05) is 12.1 Å². The van der Waals surface area contributed by atoms with Crippen LogP contribution in [0.4, 0.5) is 5.69 Å². The van der Waals surface area contributed by atoms with Crippen molar-refractivity contribution in [3.8, 4) is 0 Å². The van der Waals surface area contributed by atoms with Crippen molar-refractivity contribution in [2.75, 3.05) is 18.5 Å². The zero-order valence-electron chi connectivity index (χ0n) is 8.77. The van der Waals surface area contributed by atoms with E-state index in [2.05, 4.69) is 5.32 Å². The predicted octanol–water partition coefficient (Wildman–Crippen LogP) is 1.68. The maximum absolute atomic E-state index is 11.1. The number of hydrogen-bond acceptors (Lipinski definition) is 3. The summed E-state index contributed by atoms with van der Waals surface area (Å²) in [6, 6.07) is 5.45. The molecule has 16 heavy (non-hydrogen) atoms. The van der Waals surface area contributed by atoms with E-state index in [9.17, 15) is 4.79 Å². The molecule has 2 heterocycles. The van der Waals surface area contributed by atoms with Gasteiger partial charge in [0.1, 0.15) is 0 Å². The molecule has 84 valence electrons. The zero-order chi connectivity index (χ0) is 11.1. The van der Waals surface area contributed by atoms with Crippen molar-refractivity contribution in [1.29, 1.82) is 0 Å². The van der Waals surface area contributed by atoms with E-state index in [1.165, 1.54) is 0 Å². The Morgan fingerprint density at radius 3 is 3.19 bits per heavy atom. The highest BCUT2D eigenvalue weighted by molar-refractivity contribution is 5.95. The van der Waals surface area contributed by atoms with Crippen LogP contribution < -0.4 is 5.32 Å². The first-order chi connectivity index (χ1) is 7.77. The van der Waals surface area contributed by atoms with Gasteiger partial charge in [-0.3, -0.25) is 0 Å². The summed E-state index contributed by atoms with van der Waals surface area (Å²) in [4.78, 5) is 11.1. The molecule has 0 saturated carbocycles. The fraction of sp³-hybridized carbons (Fsp3) is 0.417. The number of carboxylic acid groups (broad SMARTS) is 1. The molecule has 0 spiro atoms.